The second kappa shape index (κ2) is 4.42. The van der Waals surface area contributed by atoms with Crippen LogP contribution in [0.15, 0.2) is 6.07 Å². The summed E-state index contributed by atoms with van der Waals surface area (Å²) in [6, 6.07) is 1.94. The molecule has 0 saturated carbocycles. The molecule has 1 heterocycles. The van der Waals surface area contributed by atoms with E-state index in [1.165, 1.54) is 0 Å². The molecule has 0 fully saturated rings. The van der Waals surface area contributed by atoms with E-state index in [0.29, 0.717) is 6.61 Å². The molecule has 0 spiro atoms. The monoisotopic (exact) mass is 195 g/mol. The number of nitrogens with zero attached hydrogens (tertiary/aromatic N) is 1. The highest BCUT2D eigenvalue weighted by Crippen LogP contribution is 2.15. The Kier molecular flexibility index (Phi) is 3.47. The molecule has 1 aromatic heterocycles. The number of ether oxygens (including phenoxy) is 1. The number of aryl methyl sites for hydroxylation is 1. The molecular weight excluding hydrogens is 178 g/mol. The molecule has 1 rings (SSSR count). The van der Waals surface area contributed by atoms with Crippen molar-refractivity contribution in [3.63, 3.8) is 0 Å². The lowest BCUT2D eigenvalue weighted by Gasteiger charge is -2.08. The summed E-state index contributed by atoms with van der Waals surface area (Å²) in [7, 11) is 1.68. The third-order valence-electron chi connectivity index (χ3n) is 2.47. The summed E-state index contributed by atoms with van der Waals surface area (Å²) in [6.45, 7) is 7.06. The van der Waals surface area contributed by atoms with Gasteiger partial charge in [-0.15, -0.1) is 0 Å². The van der Waals surface area contributed by atoms with Crippen molar-refractivity contribution in [2.24, 2.45) is 0 Å². The summed E-state index contributed by atoms with van der Waals surface area (Å²) >= 11 is 0. The Bertz CT molecular complexity index is 339. The lowest BCUT2D eigenvalue weighted by molar-refractivity contribution is 0.101. The highest BCUT2D eigenvalue weighted by Gasteiger charge is 2.11. The Morgan fingerprint density at radius 1 is 1.50 bits per heavy atom. The number of hydrogen-bond donors (Lipinski definition) is 0. The third-order valence-corrected chi connectivity index (χ3v) is 2.47. The van der Waals surface area contributed by atoms with E-state index in [4.69, 9.17) is 4.74 Å². The lowest BCUT2D eigenvalue weighted by Crippen LogP contribution is -2.08. The smallest absolute Gasteiger partial charge is 0.161 e. The maximum Gasteiger partial charge on any atom is 0.161 e. The van der Waals surface area contributed by atoms with Gasteiger partial charge in [0.15, 0.2) is 5.78 Å². The number of hydrogen-bond acceptors (Lipinski definition) is 2. The largest absolute Gasteiger partial charge is 0.383 e. The average molecular weight is 195 g/mol. The van der Waals surface area contributed by atoms with Gasteiger partial charge in [-0.2, -0.15) is 0 Å². The van der Waals surface area contributed by atoms with E-state index in [1.54, 1.807) is 14.0 Å². The summed E-state index contributed by atoms with van der Waals surface area (Å²) in [4.78, 5) is 11.3. The van der Waals surface area contributed by atoms with E-state index in [1.807, 2.05) is 19.9 Å². The molecule has 78 valence electrons. The van der Waals surface area contributed by atoms with Crippen LogP contribution >= 0.6 is 0 Å². The van der Waals surface area contributed by atoms with E-state index >= 15 is 0 Å². The van der Waals surface area contributed by atoms with E-state index in [0.717, 1.165) is 23.5 Å². The number of carbonyl (C=O) groups excluding carboxylic acids is 1. The van der Waals surface area contributed by atoms with Gasteiger partial charge in [-0.3, -0.25) is 4.79 Å². The number of Topliss-reactive ketones (excluding diaryl/α,β-unsaturated/α-hetero) is 1. The van der Waals surface area contributed by atoms with Crippen molar-refractivity contribution in [1.29, 1.82) is 0 Å². The zero-order chi connectivity index (χ0) is 10.7. The molecule has 3 nitrogen and oxygen atoms in total. The van der Waals surface area contributed by atoms with Crippen LogP contribution in [-0.4, -0.2) is 24.1 Å². The van der Waals surface area contributed by atoms with Crippen LogP contribution in [0, 0.1) is 13.8 Å². The minimum atomic E-state index is 0.127. The first-order valence-corrected chi connectivity index (χ1v) is 4.74. The van der Waals surface area contributed by atoms with Gasteiger partial charge in [0.25, 0.3) is 0 Å². The fraction of sp³-hybridized carbons (Fsp3) is 0.545. The maximum absolute atomic E-state index is 11.3. The van der Waals surface area contributed by atoms with E-state index in [2.05, 4.69) is 4.57 Å². The van der Waals surface area contributed by atoms with Crippen molar-refractivity contribution < 1.29 is 9.53 Å². The quantitative estimate of drug-likeness (QED) is 0.688. The first-order chi connectivity index (χ1) is 6.57. The molecule has 0 unspecified atom stereocenters. The van der Waals surface area contributed by atoms with Crippen LogP contribution in [0.3, 0.4) is 0 Å². The molecule has 0 saturated heterocycles. The second-order valence-electron chi connectivity index (χ2n) is 3.49. The Labute approximate surface area is 84.7 Å². The molecule has 1 aromatic rings. The fourth-order valence-electron chi connectivity index (χ4n) is 1.68. The predicted molar refractivity (Wildman–Crippen MR) is 55.8 cm³/mol. The van der Waals surface area contributed by atoms with Gasteiger partial charge in [0.2, 0.25) is 0 Å². The Morgan fingerprint density at radius 2 is 2.14 bits per heavy atom. The summed E-state index contributed by atoms with van der Waals surface area (Å²) < 4.78 is 7.13. The van der Waals surface area contributed by atoms with Crippen LogP contribution in [0.2, 0.25) is 0 Å². The molecule has 3 heteroatoms. The van der Waals surface area contributed by atoms with Gasteiger partial charge in [0.1, 0.15) is 0 Å². The average Bonchev–Trinajstić information content (AvgIpc) is 2.40. The van der Waals surface area contributed by atoms with Crippen LogP contribution in [0.25, 0.3) is 0 Å². The van der Waals surface area contributed by atoms with Gasteiger partial charge in [0, 0.05) is 30.6 Å². The predicted octanol–water partition coefficient (Wildman–Crippen LogP) is 1.95. The lowest BCUT2D eigenvalue weighted by atomic mass is 10.2. The van der Waals surface area contributed by atoms with E-state index < -0.39 is 0 Å². The first kappa shape index (κ1) is 11.0. The molecule has 0 aromatic carbocycles. The minimum Gasteiger partial charge on any atom is -0.383 e. The number of methoxy groups -OCH3 is 1. The van der Waals surface area contributed by atoms with Crippen molar-refractivity contribution in [3.8, 4) is 0 Å². The molecule has 0 aliphatic carbocycles. The second-order valence-corrected chi connectivity index (χ2v) is 3.49. The molecule has 0 amide bonds. The van der Waals surface area contributed by atoms with Crippen LogP contribution < -0.4 is 0 Å². The van der Waals surface area contributed by atoms with Crippen LogP contribution in [0.4, 0.5) is 0 Å². The molecule has 0 radical (unpaired) electrons. The molecular formula is C11H17NO2. The molecule has 0 N–H and O–H groups in total. The maximum atomic E-state index is 11.3. The number of carbonyl (C=O) groups is 1. The van der Waals surface area contributed by atoms with Crippen molar-refractivity contribution in [1.82, 2.24) is 4.57 Å². The topological polar surface area (TPSA) is 31.2 Å². The zero-order valence-corrected chi connectivity index (χ0v) is 9.26. The van der Waals surface area contributed by atoms with Crippen molar-refractivity contribution >= 4 is 5.78 Å². The number of aromatic nitrogens is 1. The molecule has 0 bridgehead atoms. The van der Waals surface area contributed by atoms with Crippen LogP contribution in [-0.2, 0) is 11.3 Å². The highest BCUT2D eigenvalue weighted by atomic mass is 16.5. The fourth-order valence-corrected chi connectivity index (χ4v) is 1.68. The van der Waals surface area contributed by atoms with Crippen LogP contribution in [0.5, 0.6) is 0 Å². The summed E-state index contributed by atoms with van der Waals surface area (Å²) in [5, 5.41) is 0. The van der Waals surface area contributed by atoms with Crippen LogP contribution in [0.1, 0.15) is 28.7 Å². The normalized spacial score (nSPS) is 10.6. The third kappa shape index (κ3) is 2.04. The highest BCUT2D eigenvalue weighted by molar-refractivity contribution is 5.95. The van der Waals surface area contributed by atoms with Crippen molar-refractivity contribution in [3.05, 3.63) is 23.0 Å². The van der Waals surface area contributed by atoms with Gasteiger partial charge in [-0.05, 0) is 26.8 Å². The van der Waals surface area contributed by atoms with Gasteiger partial charge in [0.05, 0.1) is 6.61 Å². The van der Waals surface area contributed by atoms with Gasteiger partial charge >= 0.3 is 0 Å². The standard InChI is InChI=1S/C11H17NO2/c1-8-7-11(10(3)13)9(2)12(8)5-6-14-4/h7H,5-6H2,1-4H3. The van der Waals surface area contributed by atoms with E-state index in [-0.39, 0.29) is 5.78 Å². The Morgan fingerprint density at radius 3 is 2.57 bits per heavy atom. The summed E-state index contributed by atoms with van der Waals surface area (Å²) in [5.74, 6) is 0.127. The van der Waals surface area contributed by atoms with Crippen molar-refractivity contribution in [2.75, 3.05) is 13.7 Å². The molecule has 14 heavy (non-hydrogen) atoms. The molecule has 0 atom stereocenters. The number of rotatable bonds is 4. The summed E-state index contributed by atoms with van der Waals surface area (Å²) in [6.07, 6.45) is 0. The number of ketones is 1. The molecule has 0 aliphatic heterocycles. The Hall–Kier alpha value is -1.09. The SMILES string of the molecule is COCCn1c(C)cc(C(C)=O)c1C. The Balaban J connectivity index is 2.99. The van der Waals surface area contributed by atoms with Gasteiger partial charge in [-0.25, -0.2) is 0 Å². The molecule has 0 aliphatic rings. The first-order valence-electron chi connectivity index (χ1n) is 4.74. The minimum absolute atomic E-state index is 0.127. The van der Waals surface area contributed by atoms with Gasteiger partial charge in [-0.1, -0.05) is 0 Å². The zero-order valence-electron chi connectivity index (χ0n) is 9.26. The van der Waals surface area contributed by atoms with E-state index in [9.17, 15) is 4.79 Å². The van der Waals surface area contributed by atoms with Crippen molar-refractivity contribution in [2.45, 2.75) is 27.3 Å². The summed E-state index contributed by atoms with van der Waals surface area (Å²) in [5.41, 5.74) is 2.97. The van der Waals surface area contributed by atoms with Gasteiger partial charge < -0.3 is 9.30 Å².